The second kappa shape index (κ2) is 6.85. The predicted octanol–water partition coefficient (Wildman–Crippen LogP) is 3.04. The van der Waals surface area contributed by atoms with Crippen LogP contribution in [0.15, 0.2) is 17.7 Å². The van der Waals surface area contributed by atoms with Crippen molar-refractivity contribution in [1.29, 1.82) is 0 Å². The zero-order valence-electron chi connectivity index (χ0n) is 11.2. The SMILES string of the molecule is Cc1cc(OC(F)(F)F)cc2c1OC(C(F)(F)F)C(C(=O)O)=C2.[NaH]. The van der Waals surface area contributed by atoms with Crippen molar-refractivity contribution in [3.8, 4) is 11.5 Å². The Hall–Kier alpha value is -1.39. The van der Waals surface area contributed by atoms with Crippen molar-refractivity contribution in [3.63, 3.8) is 0 Å². The summed E-state index contributed by atoms with van der Waals surface area (Å²) in [5, 5.41) is 8.86. The van der Waals surface area contributed by atoms with Gasteiger partial charge in [0, 0.05) is 5.56 Å². The van der Waals surface area contributed by atoms with Gasteiger partial charge in [-0.25, -0.2) is 4.79 Å². The van der Waals surface area contributed by atoms with Crippen molar-refractivity contribution in [1.82, 2.24) is 0 Å². The van der Waals surface area contributed by atoms with Gasteiger partial charge >= 0.3 is 48.1 Å². The van der Waals surface area contributed by atoms with Gasteiger partial charge in [0.25, 0.3) is 0 Å². The minimum atomic E-state index is -5.00. The Kier molecular flexibility index (Phi) is 5.89. The van der Waals surface area contributed by atoms with Crippen molar-refractivity contribution < 1.29 is 45.7 Å². The van der Waals surface area contributed by atoms with Gasteiger partial charge in [0.2, 0.25) is 6.10 Å². The zero-order chi connectivity index (χ0) is 17.6. The Morgan fingerprint density at radius 1 is 1.21 bits per heavy atom. The van der Waals surface area contributed by atoms with Crippen molar-refractivity contribution in [2.24, 2.45) is 0 Å². The molecule has 0 fully saturated rings. The van der Waals surface area contributed by atoms with Crippen LogP contribution in [0.2, 0.25) is 0 Å². The summed E-state index contributed by atoms with van der Waals surface area (Å²) in [6.45, 7) is 1.22. The molecule has 0 spiro atoms. The molecule has 0 aliphatic carbocycles. The van der Waals surface area contributed by atoms with Crippen LogP contribution in [0, 0.1) is 6.92 Å². The Bertz CT molecular complexity index is 680. The van der Waals surface area contributed by atoms with Gasteiger partial charge in [-0.05, 0) is 30.7 Å². The van der Waals surface area contributed by atoms with Gasteiger partial charge in [-0.3, -0.25) is 0 Å². The number of carboxylic acids is 1. The van der Waals surface area contributed by atoms with Crippen LogP contribution in [0.5, 0.6) is 11.5 Å². The minimum absolute atomic E-state index is 0. The Morgan fingerprint density at radius 2 is 1.79 bits per heavy atom. The van der Waals surface area contributed by atoms with Crippen LogP contribution in [-0.4, -0.2) is 59.3 Å². The fourth-order valence-electron chi connectivity index (χ4n) is 2.07. The summed E-state index contributed by atoms with van der Waals surface area (Å²) in [5.74, 6) is -2.94. The molecule has 1 aromatic carbocycles. The van der Waals surface area contributed by atoms with Crippen LogP contribution < -0.4 is 9.47 Å². The second-order valence-electron chi connectivity index (χ2n) is 4.65. The van der Waals surface area contributed by atoms with Gasteiger partial charge in [-0.15, -0.1) is 13.2 Å². The van der Waals surface area contributed by atoms with E-state index in [1.165, 1.54) is 6.92 Å². The Labute approximate surface area is 153 Å². The molecule has 11 heteroatoms. The van der Waals surface area contributed by atoms with Crippen LogP contribution in [0.25, 0.3) is 6.08 Å². The Morgan fingerprint density at radius 3 is 2.25 bits per heavy atom. The van der Waals surface area contributed by atoms with E-state index in [0.717, 1.165) is 12.1 Å². The topological polar surface area (TPSA) is 55.8 Å². The fourth-order valence-corrected chi connectivity index (χ4v) is 2.07. The van der Waals surface area contributed by atoms with Gasteiger partial charge in [0.05, 0.1) is 5.57 Å². The first-order chi connectivity index (χ1) is 10.4. The maximum absolute atomic E-state index is 12.9. The monoisotopic (exact) mass is 366 g/mol. The molecule has 2 rings (SSSR count). The molecule has 4 nitrogen and oxygen atoms in total. The first-order valence-corrected chi connectivity index (χ1v) is 5.97. The average molecular weight is 366 g/mol. The molecular weight excluding hydrogens is 357 g/mol. The van der Waals surface area contributed by atoms with E-state index < -0.39 is 35.9 Å². The van der Waals surface area contributed by atoms with Gasteiger partial charge in [-0.2, -0.15) is 13.2 Å². The number of carbonyl (C=O) groups is 1. The summed E-state index contributed by atoms with van der Waals surface area (Å²) in [4.78, 5) is 11.0. The average Bonchev–Trinajstić information content (AvgIpc) is 2.33. The molecule has 1 aromatic rings. The van der Waals surface area contributed by atoms with E-state index in [4.69, 9.17) is 5.11 Å². The molecular formula is C13H9F6NaO4. The number of ether oxygens (including phenoxy) is 2. The predicted molar refractivity (Wildman–Crippen MR) is 71.1 cm³/mol. The summed E-state index contributed by atoms with van der Waals surface area (Å²) in [7, 11) is 0. The van der Waals surface area contributed by atoms with Crippen molar-refractivity contribution in [3.05, 3.63) is 28.8 Å². The molecule has 24 heavy (non-hydrogen) atoms. The molecule has 0 radical (unpaired) electrons. The quantitative estimate of drug-likeness (QED) is 0.646. The summed E-state index contributed by atoms with van der Waals surface area (Å²) < 4.78 is 83.6. The molecule has 1 atom stereocenters. The molecule has 1 unspecified atom stereocenters. The van der Waals surface area contributed by atoms with Crippen LogP contribution in [0.1, 0.15) is 11.1 Å². The molecule has 1 heterocycles. The molecule has 1 aliphatic heterocycles. The number of halogens is 6. The number of rotatable bonds is 2. The summed E-state index contributed by atoms with van der Waals surface area (Å²) in [6.07, 6.45) is -12.1. The Balaban J connectivity index is 0.00000288. The van der Waals surface area contributed by atoms with Crippen LogP contribution in [0.3, 0.4) is 0 Å². The van der Waals surface area contributed by atoms with E-state index in [0.29, 0.717) is 6.08 Å². The van der Waals surface area contributed by atoms with Crippen molar-refractivity contribution in [2.75, 3.05) is 0 Å². The van der Waals surface area contributed by atoms with E-state index in [9.17, 15) is 31.1 Å². The summed E-state index contributed by atoms with van der Waals surface area (Å²) >= 11 is 0. The first-order valence-electron chi connectivity index (χ1n) is 5.97. The molecule has 0 bridgehead atoms. The van der Waals surface area contributed by atoms with E-state index >= 15 is 0 Å². The standard InChI is InChI=1S/C13H8F6O4.Na.H/c1-5-2-7(23-13(17,18)19)3-6-4-8(11(20)21)10(12(14,15)16)22-9(5)6;;/h2-4,10H,1H3,(H,20,21);;. The number of alkyl halides is 6. The van der Waals surface area contributed by atoms with E-state index in [1.54, 1.807) is 0 Å². The van der Waals surface area contributed by atoms with E-state index in [1.807, 2.05) is 0 Å². The molecule has 0 aromatic heterocycles. The molecule has 0 saturated carbocycles. The third-order valence-electron chi connectivity index (χ3n) is 2.88. The van der Waals surface area contributed by atoms with Gasteiger partial charge in [0.1, 0.15) is 11.5 Å². The molecule has 1 N–H and O–H groups in total. The van der Waals surface area contributed by atoms with E-state index in [-0.39, 0.29) is 46.4 Å². The zero-order valence-corrected chi connectivity index (χ0v) is 11.2. The number of hydrogen-bond acceptors (Lipinski definition) is 3. The fraction of sp³-hybridized carbons (Fsp3) is 0.308. The maximum atomic E-state index is 12.9. The second-order valence-corrected chi connectivity index (χ2v) is 4.65. The molecule has 0 saturated heterocycles. The molecule has 0 amide bonds. The summed E-state index contributed by atoms with van der Waals surface area (Å²) in [6, 6.07) is 1.60. The molecule has 128 valence electrons. The normalized spacial score (nSPS) is 17.1. The van der Waals surface area contributed by atoms with Gasteiger partial charge in [-0.1, -0.05) is 0 Å². The van der Waals surface area contributed by atoms with Crippen LogP contribution in [-0.2, 0) is 4.79 Å². The van der Waals surface area contributed by atoms with Crippen molar-refractivity contribution >= 4 is 41.6 Å². The third-order valence-corrected chi connectivity index (χ3v) is 2.88. The first kappa shape index (κ1) is 20.7. The number of aliphatic carboxylic acids is 1. The van der Waals surface area contributed by atoms with Crippen LogP contribution >= 0.6 is 0 Å². The summed E-state index contributed by atoms with van der Waals surface area (Å²) in [5.41, 5.74) is -1.44. The van der Waals surface area contributed by atoms with Gasteiger partial charge in [0.15, 0.2) is 0 Å². The van der Waals surface area contributed by atoms with Crippen LogP contribution in [0.4, 0.5) is 26.3 Å². The number of aryl methyl sites for hydroxylation is 1. The van der Waals surface area contributed by atoms with E-state index in [2.05, 4.69) is 9.47 Å². The number of carboxylic acid groups (broad SMARTS) is 1. The van der Waals surface area contributed by atoms with Crippen molar-refractivity contribution in [2.45, 2.75) is 25.6 Å². The number of hydrogen-bond donors (Lipinski definition) is 1. The molecule has 1 aliphatic rings. The number of benzene rings is 1. The van der Waals surface area contributed by atoms with Gasteiger partial charge < -0.3 is 14.6 Å². The third kappa shape index (κ3) is 4.58. The number of fused-ring (bicyclic) bond motifs is 1.